The van der Waals surface area contributed by atoms with Gasteiger partial charge < -0.3 is 0 Å². The third-order valence-electron chi connectivity index (χ3n) is 0. The van der Waals surface area contributed by atoms with Crippen molar-refractivity contribution in [3.05, 3.63) is 0 Å². The van der Waals surface area contributed by atoms with Crippen LogP contribution >= 0.6 is 21.2 Å². The fourth-order valence-corrected chi connectivity index (χ4v) is 0. The second kappa shape index (κ2) is 2.49. The molecule has 0 fully saturated rings. The van der Waals surface area contributed by atoms with Gasteiger partial charge in [-0.15, -0.1) is 0 Å². The molecule has 0 aliphatic rings. The second-order valence-electron chi connectivity index (χ2n) is 0.248. The van der Waals surface area contributed by atoms with Gasteiger partial charge in [-0.05, 0) is 11.2 Å². The molecule has 1 nitrogen and oxygen atoms in total. The number of rotatable bonds is 0. The van der Waals surface area contributed by atoms with Crippen LogP contribution in [-0.4, -0.2) is 0 Å². The van der Waals surface area contributed by atoms with Crippen molar-refractivity contribution in [2.45, 2.75) is 0 Å². The van der Waals surface area contributed by atoms with Crippen molar-refractivity contribution >= 4 is 39.2 Å². The van der Waals surface area contributed by atoms with Gasteiger partial charge in [0.05, 0.1) is 0 Å². The Bertz CT molecular complexity index is 29.0. The average molecular weight is 207 g/mol. The van der Waals surface area contributed by atoms with E-state index in [-0.39, 0.29) is 6.81 Å². The van der Waals surface area contributed by atoms with Gasteiger partial charge in [0.25, 0.3) is 0 Å². The quantitative estimate of drug-likeness (QED) is 0.456. The fourth-order valence-electron chi connectivity index (χ4n) is 0. The molecule has 0 amide bonds. The van der Waals surface area contributed by atoms with Crippen molar-refractivity contribution in [3.63, 3.8) is 0 Å². The van der Waals surface area contributed by atoms with Gasteiger partial charge in [0, 0.05) is 28.0 Å². The standard InChI is InChI=1S/H2INS2/c1-4(2)3/h2H2. The van der Waals surface area contributed by atoms with Gasteiger partial charge in [0.1, 0.15) is 0 Å². The summed E-state index contributed by atoms with van der Waals surface area (Å²) in [5, 5.41) is 4.94. The van der Waals surface area contributed by atoms with E-state index in [1.54, 1.807) is 0 Å². The monoisotopic (exact) mass is 207 g/mol. The van der Waals surface area contributed by atoms with Crippen LogP contribution in [0.15, 0.2) is 0 Å². The minimum atomic E-state index is -0.308. The van der Waals surface area contributed by atoms with Crippen LogP contribution in [0, 0.1) is 0 Å². The largest absolute Gasteiger partial charge is 0.266 e. The number of halogens is 1. The van der Waals surface area contributed by atoms with E-state index in [4.69, 9.17) is 5.14 Å². The Hall–Kier alpha value is 1.26. The molecule has 4 heavy (non-hydrogen) atoms. The second-order valence-corrected chi connectivity index (χ2v) is 6.46. The molecule has 0 spiro atoms. The van der Waals surface area contributed by atoms with Crippen LogP contribution in [0.25, 0.3) is 0 Å². The van der Waals surface area contributed by atoms with E-state index >= 15 is 0 Å². The smallest absolute Gasteiger partial charge is 0.0180 e. The highest BCUT2D eigenvalue weighted by molar-refractivity contribution is 14.2. The molecule has 0 bridgehead atoms. The van der Waals surface area contributed by atoms with E-state index in [0.29, 0.717) is 0 Å². The summed E-state index contributed by atoms with van der Waals surface area (Å²) in [6.45, 7) is -0.308. The number of hydrogen-bond donors (Lipinski definition) is 1. The van der Waals surface area contributed by atoms with E-state index < -0.39 is 0 Å². The van der Waals surface area contributed by atoms with Crippen molar-refractivity contribution in [2.75, 3.05) is 0 Å². The average Bonchev–Trinajstić information content (AvgIpc) is 0.811. The van der Waals surface area contributed by atoms with Gasteiger partial charge in [-0.25, -0.2) is 0 Å². The minimum Gasteiger partial charge on any atom is -0.266 e. The Labute approximate surface area is 44.3 Å². The van der Waals surface area contributed by atoms with Crippen molar-refractivity contribution in [3.8, 4) is 0 Å². The molecule has 26 valence electrons. The van der Waals surface area contributed by atoms with Gasteiger partial charge in [0.2, 0.25) is 0 Å². The molecule has 0 aromatic carbocycles. The number of hydrogen-bond acceptors (Lipinski definition) is 1. The van der Waals surface area contributed by atoms with Crippen LogP contribution in [0.3, 0.4) is 0 Å². The Morgan fingerprint density at radius 2 is 2.00 bits per heavy atom. The highest BCUT2D eigenvalue weighted by Crippen LogP contribution is 1.77. The molecule has 4 heteroatoms. The normalized spacial score (nSPS) is 15.5. The van der Waals surface area contributed by atoms with E-state index in [9.17, 15) is 0 Å². The zero-order valence-corrected chi connectivity index (χ0v) is 5.56. The zero-order chi connectivity index (χ0) is 3.58. The number of nitrogens with two attached hydrogens (primary N) is 1. The van der Waals surface area contributed by atoms with Gasteiger partial charge in [-0.2, -0.15) is 0 Å². The van der Waals surface area contributed by atoms with E-state index in [1.165, 1.54) is 0 Å². The Morgan fingerprint density at radius 1 is 2.00 bits per heavy atom. The highest BCUT2D eigenvalue weighted by atomic mass is 127. The lowest BCUT2D eigenvalue weighted by atomic mass is 14.0. The fraction of sp³-hybridized carbons (Fsp3) is 0. The van der Waals surface area contributed by atoms with Crippen LogP contribution < -0.4 is 5.14 Å². The maximum atomic E-state index is 4.94. The summed E-state index contributed by atoms with van der Waals surface area (Å²) in [6.07, 6.45) is 0. The van der Waals surface area contributed by atoms with Gasteiger partial charge in [-0.3, -0.25) is 5.14 Å². The van der Waals surface area contributed by atoms with Crippen molar-refractivity contribution in [1.82, 2.24) is 0 Å². The Kier molecular flexibility index (Phi) is 3.28. The minimum absolute atomic E-state index is 0.308. The first kappa shape index (κ1) is 5.26. The molecule has 0 heterocycles. The highest BCUT2D eigenvalue weighted by Gasteiger charge is 1.54. The van der Waals surface area contributed by atoms with Crippen LogP contribution in [0.4, 0.5) is 0 Å². The molecule has 1 unspecified atom stereocenters. The SMILES string of the molecule is NS(=S)I. The van der Waals surface area contributed by atoms with Crippen LogP contribution in [0.1, 0.15) is 0 Å². The topological polar surface area (TPSA) is 26.0 Å². The molecule has 0 saturated carbocycles. The molecule has 0 aliphatic heterocycles. The summed E-state index contributed by atoms with van der Waals surface area (Å²) >= 11 is 6.38. The summed E-state index contributed by atoms with van der Waals surface area (Å²) < 4.78 is 0. The zero-order valence-electron chi connectivity index (χ0n) is 1.77. The third-order valence-corrected chi connectivity index (χ3v) is 0. The maximum Gasteiger partial charge on any atom is 0.0180 e. The van der Waals surface area contributed by atoms with E-state index in [2.05, 4.69) is 11.2 Å². The molecule has 0 rings (SSSR count). The first-order chi connectivity index (χ1) is 1.73. The molecule has 0 saturated heterocycles. The van der Waals surface area contributed by atoms with Crippen LogP contribution in [-0.2, 0) is 18.0 Å². The summed E-state index contributed by atoms with van der Waals surface area (Å²) in [7, 11) is 0. The molecule has 0 radical (unpaired) electrons. The van der Waals surface area contributed by atoms with Crippen molar-refractivity contribution in [2.24, 2.45) is 5.14 Å². The van der Waals surface area contributed by atoms with E-state index in [0.717, 1.165) is 0 Å². The van der Waals surface area contributed by atoms with Gasteiger partial charge >= 0.3 is 0 Å². The summed E-state index contributed by atoms with van der Waals surface area (Å²) in [4.78, 5) is 0. The lowest BCUT2D eigenvalue weighted by Crippen LogP contribution is -1.85. The molecule has 1 atom stereocenters. The van der Waals surface area contributed by atoms with Crippen molar-refractivity contribution < 1.29 is 0 Å². The van der Waals surface area contributed by atoms with Crippen molar-refractivity contribution in [1.29, 1.82) is 0 Å². The summed E-state index contributed by atoms with van der Waals surface area (Å²) in [6, 6.07) is 0. The van der Waals surface area contributed by atoms with Crippen LogP contribution in [0.2, 0.25) is 0 Å². The maximum absolute atomic E-state index is 4.94. The predicted octanol–water partition coefficient (Wildman–Crippen LogP) is 0.290. The molecular formula is H2INS2. The third kappa shape index (κ3) is 10.5. The van der Waals surface area contributed by atoms with Gasteiger partial charge in [-0.1, -0.05) is 0 Å². The molecular weight excluding hydrogens is 205 g/mol. The lowest BCUT2D eigenvalue weighted by molar-refractivity contribution is 2.07. The molecule has 2 N–H and O–H groups in total. The predicted molar refractivity (Wildman–Crippen MR) is 32.9 cm³/mol. The Balaban J connectivity index is 2.80. The molecule has 0 aromatic rings. The molecule has 0 aliphatic carbocycles. The summed E-state index contributed by atoms with van der Waals surface area (Å²) in [5.41, 5.74) is 0. The first-order valence-electron chi connectivity index (χ1n) is 0.557. The van der Waals surface area contributed by atoms with Crippen LogP contribution in [0.5, 0.6) is 0 Å². The lowest BCUT2D eigenvalue weighted by Gasteiger charge is -1.64. The first-order valence-corrected chi connectivity index (χ1v) is 5.31. The van der Waals surface area contributed by atoms with E-state index in [1.807, 2.05) is 21.2 Å². The van der Waals surface area contributed by atoms with Gasteiger partial charge in [0.15, 0.2) is 0 Å². The Morgan fingerprint density at radius 3 is 2.00 bits per heavy atom. The summed E-state index contributed by atoms with van der Waals surface area (Å²) in [5.74, 6) is 0. The molecule has 0 aromatic heterocycles.